The zero-order chi connectivity index (χ0) is 19.6. The Balaban J connectivity index is 1.66. The molecular weight excluding hydrogens is 463 g/mol. The number of hydrogen-bond donors (Lipinski definition) is 1. The van der Waals surface area contributed by atoms with Crippen molar-refractivity contribution in [2.24, 2.45) is 0 Å². The van der Waals surface area contributed by atoms with Gasteiger partial charge in [0.15, 0.2) is 5.82 Å². The van der Waals surface area contributed by atoms with E-state index in [-0.39, 0.29) is 12.4 Å². The van der Waals surface area contributed by atoms with E-state index in [1.54, 1.807) is 29.1 Å². The molecule has 0 saturated carbocycles. The van der Waals surface area contributed by atoms with Crippen molar-refractivity contribution >= 4 is 56.7 Å². The molecule has 9 nitrogen and oxygen atoms in total. The molecule has 3 rings (SSSR count). The number of nitrogens with one attached hydrogen (secondary N) is 1. The molecule has 1 aromatic carbocycles. The molecule has 2 aromatic heterocycles. The van der Waals surface area contributed by atoms with Gasteiger partial charge in [0, 0.05) is 16.2 Å². The maximum absolute atomic E-state index is 12.1. The largest absolute Gasteiger partial charge is 0.389 e. The van der Waals surface area contributed by atoms with Crippen LogP contribution in [0.15, 0.2) is 41.1 Å². The highest BCUT2D eigenvalue weighted by atomic mass is 79.9. The molecule has 3 aromatic rings. The van der Waals surface area contributed by atoms with Gasteiger partial charge in [0.1, 0.15) is 6.54 Å². The Morgan fingerprint density at radius 3 is 2.70 bits per heavy atom. The smallest absolute Gasteiger partial charge is 0.358 e. The molecule has 0 fully saturated rings. The van der Waals surface area contributed by atoms with E-state index in [1.165, 1.54) is 16.9 Å². The van der Waals surface area contributed by atoms with E-state index in [0.29, 0.717) is 26.9 Å². The first-order valence-electron chi connectivity index (χ1n) is 7.46. The molecule has 0 aliphatic carbocycles. The van der Waals surface area contributed by atoms with Crippen molar-refractivity contribution in [1.29, 1.82) is 0 Å². The first kappa shape index (κ1) is 19.3. The summed E-state index contributed by atoms with van der Waals surface area (Å²) < 4.78 is 3.35. The van der Waals surface area contributed by atoms with Gasteiger partial charge in [-0.15, -0.1) is 0 Å². The monoisotopic (exact) mass is 472 g/mol. The van der Waals surface area contributed by atoms with E-state index in [2.05, 4.69) is 31.4 Å². The van der Waals surface area contributed by atoms with Crippen LogP contribution in [-0.4, -0.2) is 30.4 Å². The van der Waals surface area contributed by atoms with E-state index in [4.69, 9.17) is 23.2 Å². The van der Waals surface area contributed by atoms with Gasteiger partial charge in [-0.05, 0) is 38.5 Å². The Kier molecular flexibility index (Phi) is 5.78. The lowest BCUT2D eigenvalue weighted by molar-refractivity contribution is -0.389. The van der Waals surface area contributed by atoms with Gasteiger partial charge in [0.05, 0.1) is 28.4 Å². The predicted octanol–water partition coefficient (Wildman–Crippen LogP) is 3.74. The van der Waals surface area contributed by atoms with Crippen LogP contribution in [0.4, 0.5) is 11.6 Å². The van der Waals surface area contributed by atoms with Crippen molar-refractivity contribution < 1.29 is 9.72 Å². The van der Waals surface area contributed by atoms with Crippen molar-refractivity contribution in [3.05, 3.63) is 66.9 Å². The number of rotatable bonds is 6. The summed E-state index contributed by atoms with van der Waals surface area (Å²) in [4.78, 5) is 22.1. The topological polar surface area (TPSA) is 108 Å². The second-order valence-corrected chi connectivity index (χ2v) is 7.13. The van der Waals surface area contributed by atoms with Crippen LogP contribution in [0.25, 0.3) is 0 Å². The molecule has 0 bridgehead atoms. The SMILES string of the molecule is O=C(Cn1ccc([N+](=O)[O-])n1)Nc1nn(Cc2ccc(Cl)cc2Cl)cc1Br. The fourth-order valence-corrected chi connectivity index (χ4v) is 3.13. The van der Waals surface area contributed by atoms with E-state index >= 15 is 0 Å². The third kappa shape index (κ3) is 4.85. The molecule has 12 heteroatoms. The first-order chi connectivity index (χ1) is 12.8. The third-order valence-electron chi connectivity index (χ3n) is 3.44. The number of halogens is 3. The Labute approximate surface area is 171 Å². The zero-order valence-corrected chi connectivity index (χ0v) is 16.6. The summed E-state index contributed by atoms with van der Waals surface area (Å²) in [5, 5.41) is 22.3. The molecule has 1 N–H and O–H groups in total. The molecule has 0 saturated heterocycles. The Bertz CT molecular complexity index is 1020. The van der Waals surface area contributed by atoms with Crippen LogP contribution in [0, 0.1) is 10.1 Å². The Morgan fingerprint density at radius 1 is 1.26 bits per heavy atom. The van der Waals surface area contributed by atoms with Gasteiger partial charge in [-0.3, -0.25) is 9.48 Å². The minimum Gasteiger partial charge on any atom is -0.358 e. The third-order valence-corrected chi connectivity index (χ3v) is 4.61. The summed E-state index contributed by atoms with van der Waals surface area (Å²) in [6.45, 7) is 0.200. The molecule has 0 aliphatic heterocycles. The van der Waals surface area contributed by atoms with Crippen molar-refractivity contribution in [2.45, 2.75) is 13.1 Å². The fraction of sp³-hybridized carbons (Fsp3) is 0.133. The van der Waals surface area contributed by atoms with Gasteiger partial charge in [0.25, 0.3) is 0 Å². The highest BCUT2D eigenvalue weighted by Crippen LogP contribution is 2.24. The lowest BCUT2D eigenvalue weighted by Crippen LogP contribution is -2.19. The molecule has 0 radical (unpaired) electrons. The molecule has 0 atom stereocenters. The normalized spacial score (nSPS) is 10.8. The molecule has 140 valence electrons. The summed E-state index contributed by atoms with van der Waals surface area (Å²) in [5.74, 6) is -0.441. The quantitative estimate of drug-likeness (QED) is 0.433. The van der Waals surface area contributed by atoms with Gasteiger partial charge in [-0.1, -0.05) is 29.3 Å². The Hall–Kier alpha value is -2.43. The zero-order valence-electron chi connectivity index (χ0n) is 13.5. The number of aromatic nitrogens is 4. The molecule has 2 heterocycles. The van der Waals surface area contributed by atoms with Gasteiger partial charge in [-0.2, -0.15) is 9.78 Å². The van der Waals surface area contributed by atoms with Crippen LogP contribution in [0.1, 0.15) is 5.56 Å². The minimum atomic E-state index is -0.630. The first-order valence-corrected chi connectivity index (χ1v) is 9.01. The number of amides is 1. The van der Waals surface area contributed by atoms with Crippen LogP contribution in [0.5, 0.6) is 0 Å². The van der Waals surface area contributed by atoms with Gasteiger partial charge in [0.2, 0.25) is 5.91 Å². The highest BCUT2D eigenvalue weighted by molar-refractivity contribution is 9.10. The number of benzene rings is 1. The van der Waals surface area contributed by atoms with E-state index in [9.17, 15) is 14.9 Å². The fourth-order valence-electron chi connectivity index (χ4n) is 2.24. The van der Waals surface area contributed by atoms with E-state index in [1.807, 2.05) is 0 Å². The van der Waals surface area contributed by atoms with Gasteiger partial charge >= 0.3 is 5.82 Å². The number of carbonyl (C=O) groups excluding carboxylic acids is 1. The molecule has 0 spiro atoms. The van der Waals surface area contributed by atoms with Crippen molar-refractivity contribution in [3.8, 4) is 0 Å². The van der Waals surface area contributed by atoms with Crippen LogP contribution >= 0.6 is 39.1 Å². The maximum atomic E-state index is 12.1. The molecule has 0 aliphatic rings. The second-order valence-electron chi connectivity index (χ2n) is 5.44. The molecule has 1 amide bonds. The highest BCUT2D eigenvalue weighted by Gasteiger charge is 2.16. The lowest BCUT2D eigenvalue weighted by Gasteiger charge is -2.05. The summed E-state index contributed by atoms with van der Waals surface area (Å²) in [6, 6.07) is 6.38. The number of nitro groups is 1. The number of hydrogen-bond acceptors (Lipinski definition) is 5. The summed E-state index contributed by atoms with van der Waals surface area (Å²) in [5.41, 5.74) is 0.817. The summed E-state index contributed by atoms with van der Waals surface area (Å²) in [7, 11) is 0. The van der Waals surface area contributed by atoms with Crippen molar-refractivity contribution in [1.82, 2.24) is 19.6 Å². The van der Waals surface area contributed by atoms with Crippen molar-refractivity contribution in [2.75, 3.05) is 5.32 Å². The maximum Gasteiger partial charge on any atom is 0.389 e. The van der Waals surface area contributed by atoms with Gasteiger partial charge < -0.3 is 15.4 Å². The summed E-state index contributed by atoms with van der Waals surface area (Å²) in [6.07, 6.45) is 3.05. The molecular formula is C15H11BrCl2N6O3. The molecule has 0 unspecified atom stereocenters. The number of anilines is 1. The number of nitrogens with zero attached hydrogens (tertiary/aromatic N) is 5. The second kappa shape index (κ2) is 8.07. The Morgan fingerprint density at radius 2 is 2.04 bits per heavy atom. The van der Waals surface area contributed by atoms with E-state index in [0.717, 1.165) is 5.56 Å². The standard InChI is InChI=1S/C15H11BrCl2N6O3/c16-11-7-23(6-9-1-2-10(17)5-12(9)18)21-15(11)19-14(25)8-22-4-3-13(20-22)24(26)27/h1-5,7H,6,8H2,(H,19,21,25). The van der Waals surface area contributed by atoms with Crippen LogP contribution in [-0.2, 0) is 17.9 Å². The minimum absolute atomic E-state index is 0.184. The van der Waals surface area contributed by atoms with Crippen molar-refractivity contribution in [3.63, 3.8) is 0 Å². The van der Waals surface area contributed by atoms with Crippen LogP contribution < -0.4 is 5.32 Å². The molecule has 27 heavy (non-hydrogen) atoms. The number of carbonyl (C=O) groups is 1. The van der Waals surface area contributed by atoms with Crippen LogP contribution in [0.3, 0.4) is 0 Å². The lowest BCUT2D eigenvalue weighted by atomic mass is 10.2. The predicted molar refractivity (Wildman–Crippen MR) is 103 cm³/mol. The van der Waals surface area contributed by atoms with Crippen LogP contribution in [0.2, 0.25) is 10.0 Å². The van der Waals surface area contributed by atoms with Gasteiger partial charge in [-0.25, -0.2) is 0 Å². The van der Waals surface area contributed by atoms with E-state index < -0.39 is 10.8 Å². The average molecular weight is 474 g/mol. The summed E-state index contributed by atoms with van der Waals surface area (Å²) >= 11 is 15.4. The average Bonchev–Trinajstić information content (AvgIpc) is 3.17.